The summed E-state index contributed by atoms with van der Waals surface area (Å²) in [6, 6.07) is 7.31. The number of methoxy groups -OCH3 is 1. The molecule has 0 bridgehead atoms. The summed E-state index contributed by atoms with van der Waals surface area (Å²) >= 11 is 0. The molecule has 1 aromatic carbocycles. The largest absolute Gasteiger partial charge is 0.507 e. The number of aromatic hydroxyl groups is 1. The fraction of sp³-hybridized carbons (Fsp3) is 0.263. The van der Waals surface area contributed by atoms with E-state index in [2.05, 4.69) is 4.72 Å². The molecule has 0 unspecified atom stereocenters. The third-order valence-electron chi connectivity index (χ3n) is 4.09. The molecule has 1 heterocycles. The second-order valence-electron chi connectivity index (χ2n) is 6.07. The molecule has 0 saturated heterocycles. The van der Waals surface area contributed by atoms with Crippen LogP contribution in [0.25, 0.3) is 6.08 Å². The van der Waals surface area contributed by atoms with Crippen molar-refractivity contribution >= 4 is 21.9 Å². The molecule has 150 valence electrons. The average molecular weight is 406 g/mol. The Morgan fingerprint density at radius 2 is 2.04 bits per heavy atom. The van der Waals surface area contributed by atoms with Crippen molar-refractivity contribution in [2.24, 2.45) is 7.05 Å². The monoisotopic (exact) mass is 406 g/mol. The van der Waals surface area contributed by atoms with E-state index in [-0.39, 0.29) is 23.6 Å². The van der Waals surface area contributed by atoms with Crippen molar-refractivity contribution in [1.29, 1.82) is 0 Å². The number of sulfonamides is 1. The third-order valence-corrected chi connectivity index (χ3v) is 5.55. The molecule has 2 rings (SSSR count). The highest BCUT2D eigenvalue weighted by atomic mass is 32.2. The van der Waals surface area contributed by atoms with Crippen LogP contribution in [0.15, 0.2) is 46.1 Å². The van der Waals surface area contributed by atoms with Crippen LogP contribution in [0.5, 0.6) is 5.75 Å². The molecule has 0 amide bonds. The predicted octanol–water partition coefficient (Wildman–Crippen LogP) is 1.22. The number of carbonyl (C=O) groups excluding carboxylic acids is 1. The molecule has 0 fully saturated rings. The van der Waals surface area contributed by atoms with Crippen molar-refractivity contribution in [3.05, 3.63) is 63.6 Å². The van der Waals surface area contributed by atoms with Gasteiger partial charge in [0.2, 0.25) is 10.0 Å². The predicted molar refractivity (Wildman–Crippen MR) is 105 cm³/mol. The molecular formula is C19H22N2O6S. The maximum atomic E-state index is 12.4. The topological polar surface area (TPSA) is 115 Å². The van der Waals surface area contributed by atoms with E-state index in [0.717, 1.165) is 6.08 Å². The van der Waals surface area contributed by atoms with Crippen LogP contribution in [0.4, 0.5) is 0 Å². The molecule has 2 N–H and O–H groups in total. The van der Waals surface area contributed by atoms with Crippen LogP contribution in [0.3, 0.4) is 0 Å². The highest BCUT2D eigenvalue weighted by Crippen LogP contribution is 2.17. The number of carbonyl (C=O) groups is 1. The number of nitrogens with zero attached hydrogens (tertiary/aromatic N) is 1. The number of aromatic nitrogens is 1. The quantitative estimate of drug-likeness (QED) is 0.387. The molecule has 0 radical (unpaired) electrons. The first-order valence-electron chi connectivity index (χ1n) is 8.38. The van der Waals surface area contributed by atoms with E-state index in [1.807, 2.05) is 0 Å². The fourth-order valence-electron chi connectivity index (χ4n) is 2.44. The summed E-state index contributed by atoms with van der Waals surface area (Å²) in [5.41, 5.74) is 0.0217. The molecule has 8 nitrogen and oxygen atoms in total. The van der Waals surface area contributed by atoms with Crippen LogP contribution in [0.1, 0.15) is 21.6 Å². The maximum absolute atomic E-state index is 12.4. The smallest absolute Gasteiger partial charge is 0.265 e. The number of nitrogens with one attached hydrogen (secondary N) is 1. The summed E-state index contributed by atoms with van der Waals surface area (Å²) in [5.74, 6) is -1.07. The molecule has 0 aliphatic heterocycles. The highest BCUT2D eigenvalue weighted by molar-refractivity contribution is 7.89. The number of hydrogen-bond donors (Lipinski definition) is 2. The zero-order valence-electron chi connectivity index (χ0n) is 15.8. The van der Waals surface area contributed by atoms with E-state index in [9.17, 15) is 23.1 Å². The molecule has 0 aliphatic rings. The van der Waals surface area contributed by atoms with Crippen molar-refractivity contribution in [3.63, 3.8) is 0 Å². The molecule has 0 atom stereocenters. The Morgan fingerprint density at radius 1 is 1.32 bits per heavy atom. The number of aryl methyl sites for hydroxylation is 1. The van der Waals surface area contributed by atoms with E-state index in [0.29, 0.717) is 11.3 Å². The lowest BCUT2D eigenvalue weighted by Gasteiger charge is -2.08. The molecule has 9 heteroatoms. The Balaban J connectivity index is 2.28. The van der Waals surface area contributed by atoms with Gasteiger partial charge in [0, 0.05) is 32.5 Å². The first kappa shape index (κ1) is 21.5. The lowest BCUT2D eigenvalue weighted by Crippen LogP contribution is -2.27. The van der Waals surface area contributed by atoms with Crippen LogP contribution < -0.4 is 10.3 Å². The van der Waals surface area contributed by atoms with Gasteiger partial charge in [0.1, 0.15) is 11.3 Å². The van der Waals surface area contributed by atoms with Crippen molar-refractivity contribution in [2.75, 3.05) is 20.3 Å². The van der Waals surface area contributed by atoms with Gasteiger partial charge in [0.15, 0.2) is 5.78 Å². The third kappa shape index (κ3) is 4.94. The van der Waals surface area contributed by atoms with Gasteiger partial charge in [-0.25, -0.2) is 13.1 Å². The van der Waals surface area contributed by atoms with Crippen LogP contribution in [0.2, 0.25) is 0 Å². The van der Waals surface area contributed by atoms with E-state index in [1.165, 1.54) is 49.1 Å². The highest BCUT2D eigenvalue weighted by Gasteiger charge is 2.17. The summed E-state index contributed by atoms with van der Waals surface area (Å²) in [6.45, 7) is 2.01. The number of rotatable bonds is 8. The van der Waals surface area contributed by atoms with Crippen molar-refractivity contribution < 1.29 is 23.1 Å². The minimum atomic E-state index is -3.71. The maximum Gasteiger partial charge on any atom is 0.265 e. The lowest BCUT2D eigenvalue weighted by atomic mass is 10.1. The molecule has 0 aliphatic carbocycles. The average Bonchev–Trinajstić information content (AvgIpc) is 2.65. The summed E-state index contributed by atoms with van der Waals surface area (Å²) in [4.78, 5) is 24.6. The summed E-state index contributed by atoms with van der Waals surface area (Å²) < 4.78 is 33.0. The lowest BCUT2D eigenvalue weighted by molar-refractivity contribution is 0.104. The minimum absolute atomic E-state index is 0.0345. The van der Waals surface area contributed by atoms with Gasteiger partial charge in [-0.3, -0.25) is 9.59 Å². The number of benzene rings is 1. The molecule has 0 spiro atoms. The van der Waals surface area contributed by atoms with Crippen LogP contribution in [0, 0.1) is 6.92 Å². The number of ketones is 1. The second kappa shape index (κ2) is 8.96. The van der Waals surface area contributed by atoms with Gasteiger partial charge < -0.3 is 14.4 Å². The van der Waals surface area contributed by atoms with E-state index in [1.54, 1.807) is 13.0 Å². The Kier molecular flexibility index (Phi) is 6.90. The van der Waals surface area contributed by atoms with Gasteiger partial charge in [0.05, 0.1) is 11.5 Å². The summed E-state index contributed by atoms with van der Waals surface area (Å²) in [6.07, 6.45) is 2.51. The van der Waals surface area contributed by atoms with E-state index in [4.69, 9.17) is 4.74 Å². The van der Waals surface area contributed by atoms with E-state index < -0.39 is 27.1 Å². The van der Waals surface area contributed by atoms with Crippen LogP contribution in [-0.2, 0) is 21.8 Å². The molecule has 2 aromatic rings. The van der Waals surface area contributed by atoms with Gasteiger partial charge in [-0.15, -0.1) is 0 Å². The first-order valence-corrected chi connectivity index (χ1v) is 9.86. The Morgan fingerprint density at radius 3 is 2.71 bits per heavy atom. The van der Waals surface area contributed by atoms with Gasteiger partial charge in [-0.05, 0) is 30.7 Å². The number of allylic oxidation sites excluding steroid dienone is 1. The van der Waals surface area contributed by atoms with Crippen molar-refractivity contribution in [2.45, 2.75) is 11.8 Å². The number of ether oxygens (including phenoxy) is 1. The zero-order chi connectivity index (χ0) is 20.9. The summed E-state index contributed by atoms with van der Waals surface area (Å²) in [7, 11) is -0.741. The van der Waals surface area contributed by atoms with Gasteiger partial charge >= 0.3 is 0 Å². The van der Waals surface area contributed by atoms with Gasteiger partial charge in [-0.2, -0.15) is 0 Å². The molecule has 28 heavy (non-hydrogen) atoms. The minimum Gasteiger partial charge on any atom is -0.507 e. The fourth-order valence-corrected chi connectivity index (χ4v) is 3.51. The summed E-state index contributed by atoms with van der Waals surface area (Å²) in [5, 5.41) is 9.95. The van der Waals surface area contributed by atoms with Gasteiger partial charge in [0.25, 0.3) is 5.56 Å². The normalized spacial score (nSPS) is 11.8. The zero-order valence-corrected chi connectivity index (χ0v) is 16.6. The first-order chi connectivity index (χ1) is 13.2. The van der Waals surface area contributed by atoms with Crippen LogP contribution >= 0.6 is 0 Å². The Labute approximate surface area is 163 Å². The standard InChI is InChI=1S/C19H22N2O6S/c1-13-11-17(23)18(19(24)21(13)2)16(22)8-7-14-5-4-6-15(12-14)28(25,26)20-9-10-27-3/h4-8,11-12,20,23H,9-10H2,1-3H3/b8-7+. The Hall–Kier alpha value is -2.75. The Bertz CT molecular complexity index is 1070. The molecule has 0 saturated carbocycles. The van der Waals surface area contributed by atoms with Gasteiger partial charge in [-0.1, -0.05) is 18.2 Å². The van der Waals surface area contributed by atoms with Crippen molar-refractivity contribution in [1.82, 2.24) is 9.29 Å². The van der Waals surface area contributed by atoms with Crippen LogP contribution in [-0.4, -0.2) is 44.1 Å². The second-order valence-corrected chi connectivity index (χ2v) is 7.84. The molecular weight excluding hydrogens is 384 g/mol. The SMILES string of the molecule is COCCNS(=O)(=O)c1cccc(/C=C/C(=O)c2c(O)cc(C)n(C)c2=O)c1. The van der Waals surface area contributed by atoms with Crippen molar-refractivity contribution in [3.8, 4) is 5.75 Å². The number of hydrogen-bond acceptors (Lipinski definition) is 6. The van der Waals surface area contributed by atoms with E-state index >= 15 is 0 Å². The number of pyridine rings is 1. The molecule has 1 aromatic heterocycles.